The molecule has 0 spiro atoms. The molecular formula is C23H11Cl2F3O4. The number of fused-ring (bicyclic) bond motifs is 1. The zero-order valence-electron chi connectivity index (χ0n) is 15.9. The summed E-state index contributed by atoms with van der Waals surface area (Å²) >= 11 is 11.7. The number of hydrogen-bond acceptors (Lipinski definition) is 4. The van der Waals surface area contributed by atoms with Crippen LogP contribution < -0.4 is 10.2 Å². The van der Waals surface area contributed by atoms with Crippen LogP contribution in [0.25, 0.3) is 22.1 Å². The van der Waals surface area contributed by atoms with Gasteiger partial charge in [0.25, 0.3) is 0 Å². The van der Waals surface area contributed by atoms with Gasteiger partial charge in [-0.25, -0.2) is 4.79 Å². The van der Waals surface area contributed by atoms with Crippen molar-refractivity contribution in [2.45, 2.75) is 6.18 Å². The summed E-state index contributed by atoms with van der Waals surface area (Å²) < 4.78 is 51.5. The summed E-state index contributed by atoms with van der Waals surface area (Å²) in [6, 6.07) is 14.9. The molecule has 4 nitrogen and oxygen atoms in total. The SMILES string of the molecule is O=C(Oc1ccc2c(=O)c(-c3ccc(Cl)cc3)c(C(F)(F)F)oc2c1)c1cccc(Cl)c1. The smallest absolute Gasteiger partial charge is 0.450 e. The van der Waals surface area contributed by atoms with Gasteiger partial charge < -0.3 is 9.15 Å². The molecule has 32 heavy (non-hydrogen) atoms. The molecular weight excluding hydrogens is 468 g/mol. The third kappa shape index (κ3) is 4.35. The Morgan fingerprint density at radius 2 is 1.62 bits per heavy atom. The van der Waals surface area contributed by atoms with Gasteiger partial charge in [0, 0.05) is 16.1 Å². The van der Waals surface area contributed by atoms with E-state index in [1.807, 2.05) is 0 Å². The first-order valence-corrected chi connectivity index (χ1v) is 9.81. The van der Waals surface area contributed by atoms with Gasteiger partial charge >= 0.3 is 12.1 Å². The maximum Gasteiger partial charge on any atom is 0.450 e. The number of benzene rings is 3. The lowest BCUT2D eigenvalue weighted by Gasteiger charge is -2.13. The molecule has 4 aromatic rings. The topological polar surface area (TPSA) is 56.5 Å². The van der Waals surface area contributed by atoms with Gasteiger partial charge in [0.2, 0.25) is 11.2 Å². The largest absolute Gasteiger partial charge is 0.450 e. The van der Waals surface area contributed by atoms with E-state index in [-0.39, 0.29) is 27.8 Å². The fraction of sp³-hybridized carbons (Fsp3) is 0.0435. The van der Waals surface area contributed by atoms with Crippen molar-refractivity contribution in [2.75, 3.05) is 0 Å². The molecule has 0 radical (unpaired) electrons. The third-order valence-corrected chi connectivity index (χ3v) is 5.01. The minimum atomic E-state index is -4.95. The Balaban J connectivity index is 1.82. The van der Waals surface area contributed by atoms with Gasteiger partial charge in [-0.15, -0.1) is 0 Å². The first-order chi connectivity index (χ1) is 15.1. The molecule has 0 aliphatic carbocycles. The lowest BCUT2D eigenvalue weighted by atomic mass is 10.0. The van der Waals surface area contributed by atoms with E-state index in [0.717, 1.165) is 6.07 Å². The number of carbonyl (C=O) groups is 1. The van der Waals surface area contributed by atoms with Crippen molar-refractivity contribution in [3.05, 3.63) is 98.3 Å². The zero-order valence-corrected chi connectivity index (χ0v) is 17.4. The Labute approximate surface area is 188 Å². The second-order valence-electron chi connectivity index (χ2n) is 6.70. The molecule has 1 aromatic heterocycles. The second kappa shape index (κ2) is 8.33. The van der Waals surface area contributed by atoms with Crippen molar-refractivity contribution >= 4 is 40.1 Å². The molecule has 0 atom stereocenters. The van der Waals surface area contributed by atoms with Crippen LogP contribution in [-0.4, -0.2) is 5.97 Å². The molecule has 0 aliphatic rings. The van der Waals surface area contributed by atoms with Crippen molar-refractivity contribution in [2.24, 2.45) is 0 Å². The molecule has 4 rings (SSSR count). The minimum absolute atomic E-state index is 0.00818. The second-order valence-corrected chi connectivity index (χ2v) is 7.57. The summed E-state index contributed by atoms with van der Waals surface area (Å²) in [5, 5.41) is 0.512. The minimum Gasteiger partial charge on any atom is -0.450 e. The van der Waals surface area contributed by atoms with Crippen LogP contribution in [0.3, 0.4) is 0 Å². The summed E-state index contributed by atoms with van der Waals surface area (Å²) in [6.07, 6.45) is -4.95. The number of esters is 1. The lowest BCUT2D eigenvalue weighted by Crippen LogP contribution is -2.16. The molecule has 162 valence electrons. The lowest BCUT2D eigenvalue weighted by molar-refractivity contribution is -0.152. The number of alkyl halides is 3. The highest BCUT2D eigenvalue weighted by molar-refractivity contribution is 6.31. The maximum absolute atomic E-state index is 13.7. The van der Waals surface area contributed by atoms with E-state index in [1.165, 1.54) is 48.5 Å². The average molecular weight is 479 g/mol. The van der Waals surface area contributed by atoms with Crippen LogP contribution in [0.4, 0.5) is 13.2 Å². The molecule has 0 amide bonds. The molecule has 0 saturated carbocycles. The maximum atomic E-state index is 13.7. The van der Waals surface area contributed by atoms with E-state index in [9.17, 15) is 22.8 Å². The Kier molecular flexibility index (Phi) is 5.71. The van der Waals surface area contributed by atoms with Gasteiger partial charge in [-0.3, -0.25) is 4.79 Å². The van der Waals surface area contributed by atoms with Crippen LogP contribution >= 0.6 is 23.2 Å². The number of rotatable bonds is 3. The summed E-state index contributed by atoms with van der Waals surface area (Å²) in [6.45, 7) is 0. The number of ether oxygens (including phenoxy) is 1. The number of halogens is 5. The van der Waals surface area contributed by atoms with Crippen molar-refractivity contribution in [1.29, 1.82) is 0 Å². The van der Waals surface area contributed by atoms with E-state index >= 15 is 0 Å². The van der Waals surface area contributed by atoms with Crippen molar-refractivity contribution < 1.29 is 27.1 Å². The van der Waals surface area contributed by atoms with Crippen LogP contribution in [0.2, 0.25) is 10.0 Å². The third-order valence-electron chi connectivity index (χ3n) is 4.53. The standard InChI is InChI=1S/C23H11Cl2F3O4/c24-14-6-4-12(5-7-14)19-20(29)17-9-8-16(11-18(17)32-21(19)23(26,27)28)31-22(30)13-2-1-3-15(25)10-13/h1-11H. The highest BCUT2D eigenvalue weighted by atomic mass is 35.5. The molecule has 0 saturated heterocycles. The molecule has 0 N–H and O–H groups in total. The van der Waals surface area contributed by atoms with E-state index in [0.29, 0.717) is 10.0 Å². The highest BCUT2D eigenvalue weighted by Gasteiger charge is 2.39. The predicted octanol–water partition coefficient (Wildman–Crippen LogP) is 7.00. The molecule has 0 fully saturated rings. The van der Waals surface area contributed by atoms with Gasteiger partial charge in [0.05, 0.1) is 16.5 Å². The van der Waals surface area contributed by atoms with Gasteiger partial charge in [-0.05, 0) is 48.0 Å². The van der Waals surface area contributed by atoms with Gasteiger partial charge in [0.15, 0.2) is 0 Å². The highest BCUT2D eigenvalue weighted by Crippen LogP contribution is 2.38. The summed E-state index contributed by atoms with van der Waals surface area (Å²) in [5.41, 5.74) is -1.74. The van der Waals surface area contributed by atoms with Crippen molar-refractivity contribution in [3.63, 3.8) is 0 Å². The fourth-order valence-electron chi connectivity index (χ4n) is 3.10. The Morgan fingerprint density at radius 1 is 0.906 bits per heavy atom. The Bertz CT molecular complexity index is 1390. The van der Waals surface area contributed by atoms with E-state index < -0.39 is 28.9 Å². The summed E-state index contributed by atoms with van der Waals surface area (Å²) in [4.78, 5) is 25.3. The normalized spacial score (nSPS) is 11.5. The Hall–Kier alpha value is -3.29. The van der Waals surface area contributed by atoms with E-state index in [1.54, 1.807) is 12.1 Å². The first-order valence-electron chi connectivity index (χ1n) is 9.05. The average Bonchev–Trinajstić information content (AvgIpc) is 2.73. The van der Waals surface area contributed by atoms with Gasteiger partial charge in [-0.2, -0.15) is 13.2 Å². The molecule has 0 bridgehead atoms. The zero-order chi connectivity index (χ0) is 23.0. The number of carbonyl (C=O) groups excluding carboxylic acids is 1. The molecule has 0 unspecified atom stereocenters. The van der Waals surface area contributed by atoms with Crippen molar-refractivity contribution in [3.8, 4) is 16.9 Å². The van der Waals surface area contributed by atoms with Crippen LogP contribution in [0.5, 0.6) is 5.75 Å². The van der Waals surface area contributed by atoms with Crippen LogP contribution in [0.1, 0.15) is 16.1 Å². The quantitative estimate of drug-likeness (QED) is 0.235. The van der Waals surface area contributed by atoms with Crippen LogP contribution in [-0.2, 0) is 6.18 Å². The summed E-state index contributed by atoms with van der Waals surface area (Å²) in [7, 11) is 0. The first kappa shape index (κ1) is 21.9. The Morgan fingerprint density at radius 3 is 2.28 bits per heavy atom. The van der Waals surface area contributed by atoms with Gasteiger partial charge in [-0.1, -0.05) is 41.4 Å². The van der Waals surface area contributed by atoms with E-state index in [4.69, 9.17) is 32.4 Å². The van der Waals surface area contributed by atoms with Crippen LogP contribution in [0.15, 0.2) is 75.9 Å². The van der Waals surface area contributed by atoms with Crippen molar-refractivity contribution in [1.82, 2.24) is 0 Å². The monoisotopic (exact) mass is 478 g/mol. The predicted molar refractivity (Wildman–Crippen MR) is 114 cm³/mol. The molecule has 9 heteroatoms. The molecule has 0 aliphatic heterocycles. The molecule has 1 heterocycles. The molecule has 3 aromatic carbocycles. The summed E-state index contributed by atoms with van der Waals surface area (Å²) in [5.74, 6) is -2.34. The fourth-order valence-corrected chi connectivity index (χ4v) is 3.41. The number of hydrogen-bond donors (Lipinski definition) is 0. The van der Waals surface area contributed by atoms with E-state index in [2.05, 4.69) is 0 Å². The van der Waals surface area contributed by atoms with Crippen LogP contribution in [0, 0.1) is 0 Å². The van der Waals surface area contributed by atoms with Gasteiger partial charge in [0.1, 0.15) is 11.3 Å².